The van der Waals surface area contributed by atoms with Crippen molar-refractivity contribution in [1.29, 1.82) is 0 Å². The van der Waals surface area contributed by atoms with Gasteiger partial charge >= 0.3 is 0 Å². The molecule has 2 aromatic carbocycles. The second-order valence-corrected chi connectivity index (χ2v) is 7.30. The van der Waals surface area contributed by atoms with Crippen LogP contribution >= 0.6 is 0 Å². The predicted octanol–water partition coefficient (Wildman–Crippen LogP) is 4.52. The molecule has 1 heterocycles. The van der Waals surface area contributed by atoms with Crippen LogP contribution in [0, 0.1) is 6.92 Å². The highest BCUT2D eigenvalue weighted by Crippen LogP contribution is 2.18. The van der Waals surface area contributed by atoms with Crippen LogP contribution in [0.15, 0.2) is 48.5 Å². The van der Waals surface area contributed by atoms with Crippen molar-refractivity contribution in [2.24, 2.45) is 0 Å². The van der Waals surface area contributed by atoms with Crippen molar-refractivity contribution in [3.63, 3.8) is 0 Å². The first-order chi connectivity index (χ1) is 14.2. The Morgan fingerprint density at radius 1 is 1.07 bits per heavy atom. The quantitative estimate of drug-likeness (QED) is 0.487. The van der Waals surface area contributed by atoms with E-state index in [4.69, 9.17) is 9.72 Å². The number of aromatic nitrogens is 2. The summed E-state index contributed by atoms with van der Waals surface area (Å²) in [5.74, 6) is 1.12. The molecule has 0 saturated carbocycles. The number of benzene rings is 2. The van der Waals surface area contributed by atoms with Gasteiger partial charge in [-0.2, -0.15) is 0 Å². The average molecular weight is 394 g/mol. The van der Waals surface area contributed by atoms with Gasteiger partial charge in [-0.05, 0) is 51.0 Å². The van der Waals surface area contributed by atoms with E-state index < -0.39 is 0 Å². The Balaban J connectivity index is 1.45. The maximum Gasteiger partial charge on any atom is 0.251 e. The van der Waals surface area contributed by atoms with E-state index in [9.17, 15) is 4.79 Å². The van der Waals surface area contributed by atoms with Crippen LogP contribution in [0.25, 0.3) is 11.0 Å². The van der Waals surface area contributed by atoms with Gasteiger partial charge in [0.05, 0.1) is 17.6 Å². The number of para-hydroxylation sites is 2. The fourth-order valence-electron chi connectivity index (χ4n) is 3.46. The minimum absolute atomic E-state index is 0.00252. The highest BCUT2D eigenvalue weighted by Gasteiger charge is 2.10. The summed E-state index contributed by atoms with van der Waals surface area (Å²) in [6, 6.07) is 16.0. The fourth-order valence-corrected chi connectivity index (χ4v) is 3.46. The summed E-state index contributed by atoms with van der Waals surface area (Å²) >= 11 is 0. The van der Waals surface area contributed by atoms with Gasteiger partial charge in [-0.25, -0.2) is 4.98 Å². The van der Waals surface area contributed by atoms with Crippen LogP contribution in [0.4, 0.5) is 0 Å². The van der Waals surface area contributed by atoms with E-state index in [1.165, 1.54) is 5.52 Å². The van der Waals surface area contributed by atoms with Crippen LogP contribution in [0.3, 0.4) is 0 Å². The Hall–Kier alpha value is -2.66. The SMILES string of the molecule is CCOCCn1c(CCCCCNC(=O)c2ccc(C)cc2)nc2ccccc21. The molecule has 3 aromatic rings. The van der Waals surface area contributed by atoms with Crippen LogP contribution in [-0.2, 0) is 17.7 Å². The van der Waals surface area contributed by atoms with E-state index in [1.54, 1.807) is 0 Å². The molecular weight excluding hydrogens is 362 g/mol. The maximum absolute atomic E-state index is 12.1. The normalized spacial score (nSPS) is 11.1. The van der Waals surface area contributed by atoms with E-state index >= 15 is 0 Å². The van der Waals surface area contributed by atoms with E-state index in [-0.39, 0.29) is 5.91 Å². The number of hydrogen-bond donors (Lipinski definition) is 1. The van der Waals surface area contributed by atoms with Gasteiger partial charge in [-0.3, -0.25) is 4.79 Å². The van der Waals surface area contributed by atoms with Crippen molar-refractivity contribution in [2.75, 3.05) is 19.8 Å². The monoisotopic (exact) mass is 393 g/mol. The van der Waals surface area contributed by atoms with Gasteiger partial charge in [0.25, 0.3) is 5.91 Å². The topological polar surface area (TPSA) is 56.1 Å². The molecule has 0 atom stereocenters. The minimum atomic E-state index is 0.00252. The summed E-state index contributed by atoms with van der Waals surface area (Å²) in [5, 5.41) is 3.01. The summed E-state index contributed by atoms with van der Waals surface area (Å²) in [7, 11) is 0. The Kier molecular flexibility index (Phi) is 7.82. The zero-order valence-corrected chi connectivity index (χ0v) is 17.5. The molecule has 0 saturated heterocycles. The number of amides is 1. The van der Waals surface area contributed by atoms with Gasteiger partial charge in [-0.1, -0.05) is 36.2 Å². The molecule has 1 amide bonds. The molecule has 1 N–H and O–H groups in total. The number of aryl methyl sites for hydroxylation is 2. The van der Waals surface area contributed by atoms with E-state index in [0.717, 1.165) is 61.3 Å². The molecule has 1 aromatic heterocycles. The number of imidazole rings is 1. The van der Waals surface area contributed by atoms with E-state index in [0.29, 0.717) is 13.2 Å². The number of ether oxygens (including phenoxy) is 1. The predicted molar refractivity (Wildman–Crippen MR) is 117 cm³/mol. The third-order valence-corrected chi connectivity index (χ3v) is 5.07. The lowest BCUT2D eigenvalue weighted by molar-refractivity contribution is 0.0953. The largest absolute Gasteiger partial charge is 0.380 e. The summed E-state index contributed by atoms with van der Waals surface area (Å²) < 4.78 is 7.83. The molecule has 154 valence electrons. The highest BCUT2D eigenvalue weighted by molar-refractivity contribution is 5.94. The third-order valence-electron chi connectivity index (χ3n) is 5.07. The van der Waals surface area contributed by atoms with Crippen LogP contribution in [-0.4, -0.2) is 35.2 Å². The summed E-state index contributed by atoms with van der Waals surface area (Å²) in [6.45, 7) is 7.01. The average Bonchev–Trinajstić information content (AvgIpc) is 3.08. The molecule has 0 unspecified atom stereocenters. The van der Waals surface area contributed by atoms with Gasteiger partial charge < -0.3 is 14.6 Å². The van der Waals surface area contributed by atoms with Gasteiger partial charge in [0.1, 0.15) is 5.82 Å². The lowest BCUT2D eigenvalue weighted by atomic mass is 10.1. The number of unbranched alkanes of at least 4 members (excludes halogenated alkanes) is 2. The number of carbonyl (C=O) groups is 1. The minimum Gasteiger partial charge on any atom is -0.380 e. The molecule has 0 aliphatic heterocycles. The molecule has 3 rings (SSSR count). The smallest absolute Gasteiger partial charge is 0.251 e. The van der Waals surface area contributed by atoms with E-state index in [2.05, 4.69) is 28.1 Å². The van der Waals surface area contributed by atoms with Gasteiger partial charge in [0.15, 0.2) is 0 Å². The zero-order chi connectivity index (χ0) is 20.5. The fraction of sp³-hybridized carbons (Fsp3) is 0.417. The molecule has 5 heteroatoms. The number of carbonyl (C=O) groups excluding carboxylic acids is 1. The first-order valence-electron chi connectivity index (χ1n) is 10.6. The molecule has 0 bridgehead atoms. The number of nitrogens with zero attached hydrogens (tertiary/aromatic N) is 2. The Bertz CT molecular complexity index is 916. The second kappa shape index (κ2) is 10.8. The molecule has 0 radical (unpaired) electrons. The number of nitrogens with one attached hydrogen (secondary N) is 1. The first kappa shape index (κ1) is 21.1. The number of rotatable bonds is 11. The third kappa shape index (κ3) is 5.91. The standard InChI is InChI=1S/C24H31N3O2/c1-3-29-18-17-27-22-10-7-6-9-21(22)26-23(27)11-5-4-8-16-25-24(28)20-14-12-19(2)13-15-20/h6-7,9-10,12-15H,3-5,8,11,16-18H2,1-2H3,(H,25,28). The zero-order valence-electron chi connectivity index (χ0n) is 17.5. The Morgan fingerprint density at radius 3 is 2.66 bits per heavy atom. The molecule has 0 spiro atoms. The molecule has 0 aliphatic carbocycles. The van der Waals surface area contributed by atoms with Crippen LogP contribution < -0.4 is 5.32 Å². The van der Waals surface area contributed by atoms with Crippen molar-refractivity contribution in [3.05, 3.63) is 65.5 Å². The van der Waals surface area contributed by atoms with Crippen molar-refractivity contribution in [2.45, 2.75) is 46.1 Å². The summed E-state index contributed by atoms with van der Waals surface area (Å²) in [4.78, 5) is 17.0. The molecule has 0 aliphatic rings. The highest BCUT2D eigenvalue weighted by atomic mass is 16.5. The lowest BCUT2D eigenvalue weighted by Crippen LogP contribution is -2.24. The molecule has 29 heavy (non-hydrogen) atoms. The van der Waals surface area contributed by atoms with Crippen LogP contribution in [0.5, 0.6) is 0 Å². The van der Waals surface area contributed by atoms with Crippen molar-refractivity contribution in [3.8, 4) is 0 Å². The number of hydrogen-bond acceptors (Lipinski definition) is 3. The van der Waals surface area contributed by atoms with Crippen molar-refractivity contribution in [1.82, 2.24) is 14.9 Å². The van der Waals surface area contributed by atoms with Gasteiger partial charge in [-0.15, -0.1) is 0 Å². The van der Waals surface area contributed by atoms with Crippen LogP contribution in [0.1, 0.15) is 47.9 Å². The molecular formula is C24H31N3O2. The number of fused-ring (bicyclic) bond motifs is 1. The van der Waals surface area contributed by atoms with Gasteiger partial charge in [0, 0.05) is 31.7 Å². The van der Waals surface area contributed by atoms with E-state index in [1.807, 2.05) is 44.2 Å². The Labute approximate surface area is 173 Å². The lowest BCUT2D eigenvalue weighted by Gasteiger charge is -2.09. The molecule has 5 nitrogen and oxygen atoms in total. The van der Waals surface area contributed by atoms with Crippen LogP contribution in [0.2, 0.25) is 0 Å². The van der Waals surface area contributed by atoms with Crippen molar-refractivity contribution < 1.29 is 9.53 Å². The second-order valence-electron chi connectivity index (χ2n) is 7.30. The summed E-state index contributed by atoms with van der Waals surface area (Å²) in [5.41, 5.74) is 4.10. The summed E-state index contributed by atoms with van der Waals surface area (Å²) in [6.07, 6.45) is 4.02. The van der Waals surface area contributed by atoms with Gasteiger partial charge in [0.2, 0.25) is 0 Å². The van der Waals surface area contributed by atoms with Crippen molar-refractivity contribution >= 4 is 16.9 Å². The first-order valence-corrected chi connectivity index (χ1v) is 10.6. The molecule has 0 fully saturated rings. The Morgan fingerprint density at radius 2 is 1.86 bits per heavy atom. The maximum atomic E-state index is 12.1.